The summed E-state index contributed by atoms with van der Waals surface area (Å²) in [6, 6.07) is 14.3. The summed E-state index contributed by atoms with van der Waals surface area (Å²) in [7, 11) is -2.29. The number of amides is 1. The van der Waals surface area contributed by atoms with Gasteiger partial charge in [0.25, 0.3) is 0 Å². The standard InChI is InChI=1S/C21H23BrN4O3S/c1-25(30(28,29)17-10-8-16(22)9-11-17)14-20(27)26-12-4-5-15(13-26)21-23-18-6-2-3-7-19(18)24-21/h2-3,6-11,15H,4-5,12-14H2,1H3,(H,23,24). The van der Waals surface area contributed by atoms with E-state index >= 15 is 0 Å². The molecule has 0 bridgehead atoms. The first kappa shape index (κ1) is 21.0. The predicted octanol–water partition coefficient (Wildman–Crippen LogP) is 3.35. The van der Waals surface area contributed by atoms with E-state index < -0.39 is 10.0 Å². The van der Waals surface area contributed by atoms with Crippen molar-refractivity contribution in [1.82, 2.24) is 19.2 Å². The number of para-hydroxylation sites is 2. The zero-order valence-corrected chi connectivity index (χ0v) is 19.0. The molecule has 30 heavy (non-hydrogen) atoms. The lowest BCUT2D eigenvalue weighted by atomic mass is 9.97. The number of likely N-dealkylation sites (N-methyl/N-ethyl adjacent to an activating group) is 1. The van der Waals surface area contributed by atoms with Crippen molar-refractivity contribution in [3.8, 4) is 0 Å². The van der Waals surface area contributed by atoms with Gasteiger partial charge < -0.3 is 9.88 Å². The quantitative estimate of drug-likeness (QED) is 0.593. The number of benzene rings is 2. The number of imidazole rings is 1. The lowest BCUT2D eigenvalue weighted by Gasteiger charge is -2.32. The summed E-state index contributed by atoms with van der Waals surface area (Å²) in [5.41, 5.74) is 1.90. The number of nitrogens with one attached hydrogen (secondary N) is 1. The zero-order valence-electron chi connectivity index (χ0n) is 16.6. The second kappa shape index (κ2) is 8.49. The Hall–Kier alpha value is -2.23. The van der Waals surface area contributed by atoms with Gasteiger partial charge in [-0.15, -0.1) is 0 Å². The highest BCUT2D eigenvalue weighted by molar-refractivity contribution is 9.10. The number of H-pyrrole nitrogens is 1. The first-order valence-electron chi connectivity index (χ1n) is 9.79. The first-order valence-corrected chi connectivity index (χ1v) is 12.0. The Bertz CT molecular complexity index is 1130. The molecule has 0 radical (unpaired) electrons. The van der Waals surface area contributed by atoms with Crippen molar-refractivity contribution in [3.05, 3.63) is 58.8 Å². The molecule has 1 unspecified atom stereocenters. The summed E-state index contributed by atoms with van der Waals surface area (Å²) < 4.78 is 27.5. The van der Waals surface area contributed by atoms with Gasteiger partial charge in [-0.2, -0.15) is 4.31 Å². The zero-order chi connectivity index (χ0) is 21.3. The summed E-state index contributed by atoms with van der Waals surface area (Å²) in [5.74, 6) is 0.798. The van der Waals surface area contributed by atoms with Crippen LogP contribution >= 0.6 is 15.9 Å². The second-order valence-electron chi connectivity index (χ2n) is 7.53. The molecule has 1 N–H and O–H groups in total. The van der Waals surface area contributed by atoms with Gasteiger partial charge in [0.1, 0.15) is 5.82 Å². The predicted molar refractivity (Wildman–Crippen MR) is 119 cm³/mol. The van der Waals surface area contributed by atoms with Crippen LogP contribution in [0.1, 0.15) is 24.6 Å². The number of carbonyl (C=O) groups excluding carboxylic acids is 1. The summed E-state index contributed by atoms with van der Waals surface area (Å²) in [4.78, 5) is 22.8. The molecule has 3 aromatic rings. The van der Waals surface area contributed by atoms with Crippen LogP contribution in [-0.2, 0) is 14.8 Å². The first-order chi connectivity index (χ1) is 14.3. The molecule has 1 saturated heterocycles. The molecule has 0 spiro atoms. The second-order valence-corrected chi connectivity index (χ2v) is 10.5. The van der Waals surface area contributed by atoms with Crippen LogP contribution in [0.5, 0.6) is 0 Å². The maximum absolute atomic E-state index is 12.9. The maximum atomic E-state index is 12.9. The molecule has 2 heterocycles. The van der Waals surface area contributed by atoms with Crippen molar-refractivity contribution in [3.63, 3.8) is 0 Å². The van der Waals surface area contributed by atoms with Crippen LogP contribution in [0.2, 0.25) is 0 Å². The molecule has 1 fully saturated rings. The number of hydrogen-bond donors (Lipinski definition) is 1. The van der Waals surface area contributed by atoms with Crippen molar-refractivity contribution >= 4 is 42.9 Å². The summed E-state index contributed by atoms with van der Waals surface area (Å²) in [6.07, 6.45) is 1.80. The number of rotatable bonds is 5. The molecule has 1 aliphatic rings. The van der Waals surface area contributed by atoms with E-state index in [-0.39, 0.29) is 23.3 Å². The average molecular weight is 491 g/mol. The number of aromatic nitrogens is 2. The van der Waals surface area contributed by atoms with Gasteiger partial charge in [0.05, 0.1) is 22.5 Å². The van der Waals surface area contributed by atoms with E-state index in [0.717, 1.165) is 38.5 Å². The third kappa shape index (κ3) is 4.28. The van der Waals surface area contributed by atoms with Crippen molar-refractivity contribution in [1.29, 1.82) is 0 Å². The largest absolute Gasteiger partial charge is 0.342 e. The number of hydrogen-bond acceptors (Lipinski definition) is 4. The Morgan fingerprint density at radius 1 is 1.23 bits per heavy atom. The topological polar surface area (TPSA) is 86.4 Å². The van der Waals surface area contributed by atoms with E-state index in [1.165, 1.54) is 19.2 Å². The smallest absolute Gasteiger partial charge is 0.243 e. The van der Waals surface area contributed by atoms with Crippen molar-refractivity contribution < 1.29 is 13.2 Å². The Labute approximate surface area is 184 Å². The van der Waals surface area contributed by atoms with E-state index in [1.807, 2.05) is 24.3 Å². The fourth-order valence-electron chi connectivity index (χ4n) is 3.75. The van der Waals surface area contributed by atoms with Gasteiger partial charge in [-0.1, -0.05) is 28.1 Å². The van der Waals surface area contributed by atoms with E-state index in [1.54, 1.807) is 17.0 Å². The number of halogens is 1. The van der Waals surface area contributed by atoms with Gasteiger partial charge in [0.15, 0.2) is 0 Å². The monoisotopic (exact) mass is 490 g/mol. The molecule has 1 atom stereocenters. The van der Waals surface area contributed by atoms with Gasteiger partial charge in [0.2, 0.25) is 15.9 Å². The van der Waals surface area contributed by atoms with E-state index in [2.05, 4.69) is 25.9 Å². The number of likely N-dealkylation sites (tertiary alicyclic amines) is 1. The third-order valence-corrected chi connectivity index (χ3v) is 7.79. The maximum Gasteiger partial charge on any atom is 0.243 e. The number of nitrogens with zero attached hydrogens (tertiary/aromatic N) is 3. The van der Waals surface area contributed by atoms with Crippen molar-refractivity contribution in [2.45, 2.75) is 23.7 Å². The molecular formula is C21H23BrN4O3S. The SMILES string of the molecule is CN(CC(=O)N1CCCC(c2nc3ccccc3[nH]2)C1)S(=O)(=O)c1ccc(Br)cc1. The molecule has 0 saturated carbocycles. The molecule has 2 aromatic carbocycles. The normalized spacial score (nSPS) is 17.6. The third-order valence-electron chi connectivity index (χ3n) is 5.45. The van der Waals surface area contributed by atoms with Crippen LogP contribution < -0.4 is 0 Å². The Balaban J connectivity index is 1.44. The van der Waals surface area contributed by atoms with E-state index in [9.17, 15) is 13.2 Å². The van der Waals surface area contributed by atoms with Crippen LogP contribution in [0.25, 0.3) is 11.0 Å². The molecular weight excluding hydrogens is 468 g/mol. The summed E-state index contributed by atoms with van der Waals surface area (Å²) in [6.45, 7) is 0.970. The molecule has 7 nitrogen and oxygen atoms in total. The van der Waals surface area contributed by atoms with Crippen LogP contribution in [0.3, 0.4) is 0 Å². The van der Waals surface area contributed by atoms with Gasteiger partial charge in [0, 0.05) is 30.5 Å². The molecule has 1 aliphatic heterocycles. The Morgan fingerprint density at radius 2 is 1.97 bits per heavy atom. The minimum absolute atomic E-state index is 0.114. The highest BCUT2D eigenvalue weighted by Crippen LogP contribution is 2.27. The minimum Gasteiger partial charge on any atom is -0.342 e. The van der Waals surface area contributed by atoms with Crippen LogP contribution in [0, 0.1) is 0 Å². The number of piperidine rings is 1. The van der Waals surface area contributed by atoms with Crippen LogP contribution in [0.15, 0.2) is 57.9 Å². The molecule has 4 rings (SSSR count). The summed E-state index contributed by atoms with van der Waals surface area (Å²) in [5, 5.41) is 0. The van der Waals surface area contributed by atoms with Crippen LogP contribution in [0.4, 0.5) is 0 Å². The molecule has 1 aromatic heterocycles. The minimum atomic E-state index is -3.73. The van der Waals surface area contributed by atoms with Gasteiger partial charge in [-0.05, 0) is 49.2 Å². The number of fused-ring (bicyclic) bond motifs is 1. The average Bonchev–Trinajstić information content (AvgIpc) is 3.18. The number of aromatic amines is 1. The van der Waals surface area contributed by atoms with Gasteiger partial charge >= 0.3 is 0 Å². The fraction of sp³-hybridized carbons (Fsp3) is 0.333. The molecule has 1 amide bonds. The fourth-order valence-corrected chi connectivity index (χ4v) is 5.14. The van der Waals surface area contributed by atoms with E-state index in [4.69, 9.17) is 0 Å². The highest BCUT2D eigenvalue weighted by Gasteiger charge is 2.30. The van der Waals surface area contributed by atoms with Crippen molar-refractivity contribution in [2.75, 3.05) is 26.7 Å². The Morgan fingerprint density at radius 3 is 2.70 bits per heavy atom. The van der Waals surface area contributed by atoms with Gasteiger partial charge in [-0.25, -0.2) is 13.4 Å². The van der Waals surface area contributed by atoms with Gasteiger partial charge in [-0.3, -0.25) is 4.79 Å². The number of carbonyl (C=O) groups is 1. The lowest BCUT2D eigenvalue weighted by Crippen LogP contribution is -2.45. The lowest BCUT2D eigenvalue weighted by molar-refractivity contribution is -0.132. The van der Waals surface area contributed by atoms with Crippen molar-refractivity contribution in [2.24, 2.45) is 0 Å². The number of sulfonamides is 1. The Kier molecular flexibility index (Phi) is 5.95. The molecule has 158 valence electrons. The van der Waals surface area contributed by atoms with E-state index in [0.29, 0.717) is 13.1 Å². The molecule has 9 heteroatoms. The molecule has 0 aliphatic carbocycles. The summed E-state index contributed by atoms with van der Waals surface area (Å²) >= 11 is 3.30. The highest BCUT2D eigenvalue weighted by atomic mass is 79.9. The van der Waals surface area contributed by atoms with Crippen LogP contribution in [-0.4, -0.2) is 60.2 Å².